The van der Waals surface area contributed by atoms with Crippen LogP contribution in [0.25, 0.3) is 0 Å². The molecule has 0 bridgehead atoms. The van der Waals surface area contributed by atoms with E-state index < -0.39 is 6.04 Å². The van der Waals surface area contributed by atoms with Crippen LogP contribution in [0.4, 0.5) is 10.1 Å². The average Bonchev–Trinajstić information content (AvgIpc) is 3.07. The van der Waals surface area contributed by atoms with Gasteiger partial charge in [0.05, 0.1) is 12.5 Å². The van der Waals surface area contributed by atoms with Gasteiger partial charge in [-0.05, 0) is 60.4 Å². The van der Waals surface area contributed by atoms with E-state index in [2.05, 4.69) is 5.32 Å². The van der Waals surface area contributed by atoms with Gasteiger partial charge in [-0.15, -0.1) is 0 Å². The Kier molecular flexibility index (Phi) is 5.36. The van der Waals surface area contributed by atoms with Gasteiger partial charge in [0.25, 0.3) is 5.91 Å². The molecule has 1 N–H and O–H groups in total. The zero-order chi connectivity index (χ0) is 21.3. The summed E-state index contributed by atoms with van der Waals surface area (Å²) in [5, 5.41) is 2.97. The van der Waals surface area contributed by atoms with Crippen molar-refractivity contribution < 1.29 is 14.0 Å². The molecular weight excluding hydrogens is 379 g/mol. The maximum absolute atomic E-state index is 13.5. The Bertz CT molecular complexity index is 1110. The summed E-state index contributed by atoms with van der Waals surface area (Å²) in [7, 11) is 0. The van der Waals surface area contributed by atoms with Crippen LogP contribution >= 0.6 is 0 Å². The van der Waals surface area contributed by atoms with Crippen molar-refractivity contribution in [3.63, 3.8) is 0 Å². The quantitative estimate of drug-likeness (QED) is 0.640. The molecule has 152 valence electrons. The fourth-order valence-corrected chi connectivity index (χ4v) is 3.88. The van der Waals surface area contributed by atoms with Crippen molar-refractivity contribution in [1.29, 1.82) is 0 Å². The third kappa shape index (κ3) is 3.83. The summed E-state index contributed by atoms with van der Waals surface area (Å²) in [4.78, 5) is 27.7. The van der Waals surface area contributed by atoms with E-state index in [1.165, 1.54) is 12.1 Å². The minimum absolute atomic E-state index is 0.0821. The summed E-state index contributed by atoms with van der Waals surface area (Å²) in [6, 6.07) is 18.7. The Morgan fingerprint density at radius 2 is 1.77 bits per heavy atom. The molecule has 0 saturated carbocycles. The number of carbonyl (C=O) groups excluding carboxylic acids is 2. The molecule has 3 aromatic carbocycles. The van der Waals surface area contributed by atoms with E-state index in [0.717, 1.165) is 27.9 Å². The third-order valence-corrected chi connectivity index (χ3v) is 5.74. The molecule has 1 aliphatic rings. The van der Waals surface area contributed by atoms with Crippen LogP contribution in [0.1, 0.15) is 45.1 Å². The van der Waals surface area contributed by atoms with Gasteiger partial charge in [-0.1, -0.05) is 42.5 Å². The van der Waals surface area contributed by atoms with Crippen molar-refractivity contribution in [3.05, 3.63) is 100 Å². The van der Waals surface area contributed by atoms with Crippen LogP contribution in [0.5, 0.6) is 0 Å². The number of anilines is 1. The summed E-state index contributed by atoms with van der Waals surface area (Å²) in [6.45, 7) is 4.38. The molecule has 1 heterocycles. The second kappa shape index (κ2) is 8.11. The molecule has 0 aromatic heterocycles. The molecule has 0 spiro atoms. The zero-order valence-electron chi connectivity index (χ0n) is 17.0. The fraction of sp³-hybridized carbons (Fsp3) is 0.200. The summed E-state index contributed by atoms with van der Waals surface area (Å²) in [5.74, 6) is -0.658. The van der Waals surface area contributed by atoms with Gasteiger partial charge in [0.15, 0.2) is 0 Å². The number of rotatable bonds is 5. The SMILES string of the molecule is Cc1cccc(NC(=O)C[C@H](c2ccc(F)cc2)N2Cc3ccccc3C2=O)c1C. The summed E-state index contributed by atoms with van der Waals surface area (Å²) >= 11 is 0. The fourth-order valence-electron chi connectivity index (χ4n) is 3.88. The van der Waals surface area contributed by atoms with Crippen LogP contribution in [0.3, 0.4) is 0 Å². The van der Waals surface area contributed by atoms with E-state index in [1.807, 2.05) is 50.2 Å². The van der Waals surface area contributed by atoms with Gasteiger partial charge in [-0.2, -0.15) is 0 Å². The Labute approximate surface area is 175 Å². The Morgan fingerprint density at radius 1 is 1.03 bits per heavy atom. The number of fused-ring (bicyclic) bond motifs is 1. The molecule has 30 heavy (non-hydrogen) atoms. The Hall–Kier alpha value is -3.47. The normalized spacial score (nSPS) is 13.8. The molecule has 4 rings (SSSR count). The lowest BCUT2D eigenvalue weighted by Gasteiger charge is -2.28. The molecular formula is C25H23FN2O2. The molecule has 5 heteroatoms. The summed E-state index contributed by atoms with van der Waals surface area (Å²) < 4.78 is 13.5. The summed E-state index contributed by atoms with van der Waals surface area (Å²) in [5.41, 5.74) is 5.17. The summed E-state index contributed by atoms with van der Waals surface area (Å²) in [6.07, 6.45) is 0.0821. The number of hydrogen-bond donors (Lipinski definition) is 1. The van der Waals surface area contributed by atoms with E-state index in [0.29, 0.717) is 12.1 Å². The largest absolute Gasteiger partial charge is 0.327 e. The molecule has 0 unspecified atom stereocenters. The second-order valence-corrected chi connectivity index (χ2v) is 7.66. The van der Waals surface area contributed by atoms with Crippen LogP contribution in [0.15, 0.2) is 66.7 Å². The van der Waals surface area contributed by atoms with Crippen LogP contribution in [-0.2, 0) is 11.3 Å². The van der Waals surface area contributed by atoms with Crippen molar-refractivity contribution in [3.8, 4) is 0 Å². The molecule has 0 aliphatic carbocycles. The number of carbonyl (C=O) groups is 2. The second-order valence-electron chi connectivity index (χ2n) is 7.66. The van der Waals surface area contributed by atoms with Gasteiger partial charge in [-0.25, -0.2) is 4.39 Å². The molecule has 0 radical (unpaired) electrons. The maximum atomic E-state index is 13.5. The van der Waals surface area contributed by atoms with Crippen LogP contribution in [-0.4, -0.2) is 16.7 Å². The van der Waals surface area contributed by atoms with E-state index in [1.54, 1.807) is 23.1 Å². The van der Waals surface area contributed by atoms with E-state index >= 15 is 0 Å². The number of amides is 2. The van der Waals surface area contributed by atoms with Crippen molar-refractivity contribution in [2.24, 2.45) is 0 Å². The monoisotopic (exact) mass is 402 g/mol. The minimum atomic E-state index is -0.490. The highest BCUT2D eigenvalue weighted by atomic mass is 19.1. The number of aryl methyl sites for hydroxylation is 1. The first-order chi connectivity index (χ1) is 14.4. The van der Waals surface area contributed by atoms with Crippen LogP contribution in [0.2, 0.25) is 0 Å². The van der Waals surface area contributed by atoms with Crippen molar-refractivity contribution in [1.82, 2.24) is 4.90 Å². The molecule has 0 fully saturated rings. The molecule has 1 atom stereocenters. The number of hydrogen-bond acceptors (Lipinski definition) is 2. The highest BCUT2D eigenvalue weighted by molar-refractivity contribution is 5.99. The molecule has 0 saturated heterocycles. The van der Waals surface area contributed by atoms with Gasteiger partial charge in [0.2, 0.25) is 5.91 Å². The van der Waals surface area contributed by atoms with Crippen molar-refractivity contribution >= 4 is 17.5 Å². The van der Waals surface area contributed by atoms with E-state index in [9.17, 15) is 14.0 Å². The van der Waals surface area contributed by atoms with Gasteiger partial charge in [-0.3, -0.25) is 9.59 Å². The van der Waals surface area contributed by atoms with Gasteiger partial charge in [0, 0.05) is 17.8 Å². The standard InChI is InChI=1S/C25H23FN2O2/c1-16-6-5-9-22(17(16)2)27-24(29)14-23(18-10-12-20(26)13-11-18)28-15-19-7-3-4-8-21(19)25(28)30/h3-13,23H,14-15H2,1-2H3,(H,27,29)/t23-/m1/s1. The highest BCUT2D eigenvalue weighted by Crippen LogP contribution is 2.34. The molecule has 2 amide bonds. The number of halogens is 1. The first kappa shape index (κ1) is 19.8. The lowest BCUT2D eigenvalue weighted by molar-refractivity contribution is -0.117. The topological polar surface area (TPSA) is 49.4 Å². The Morgan fingerprint density at radius 3 is 2.50 bits per heavy atom. The van der Waals surface area contributed by atoms with Crippen molar-refractivity contribution in [2.75, 3.05) is 5.32 Å². The van der Waals surface area contributed by atoms with Crippen molar-refractivity contribution in [2.45, 2.75) is 32.9 Å². The van der Waals surface area contributed by atoms with E-state index in [-0.39, 0.29) is 24.1 Å². The number of nitrogens with zero attached hydrogens (tertiary/aromatic N) is 1. The maximum Gasteiger partial charge on any atom is 0.255 e. The lowest BCUT2D eigenvalue weighted by atomic mass is 10.0. The minimum Gasteiger partial charge on any atom is -0.327 e. The molecule has 3 aromatic rings. The first-order valence-electron chi connectivity index (χ1n) is 9.94. The highest BCUT2D eigenvalue weighted by Gasteiger charge is 2.34. The van der Waals surface area contributed by atoms with Crippen LogP contribution < -0.4 is 5.32 Å². The molecule has 4 nitrogen and oxygen atoms in total. The smallest absolute Gasteiger partial charge is 0.255 e. The third-order valence-electron chi connectivity index (χ3n) is 5.74. The van der Waals surface area contributed by atoms with Crippen LogP contribution in [0, 0.1) is 19.7 Å². The van der Waals surface area contributed by atoms with E-state index in [4.69, 9.17) is 0 Å². The average molecular weight is 402 g/mol. The first-order valence-corrected chi connectivity index (χ1v) is 9.94. The lowest BCUT2D eigenvalue weighted by Crippen LogP contribution is -2.32. The van der Waals surface area contributed by atoms with Gasteiger partial charge in [0.1, 0.15) is 5.82 Å². The predicted molar refractivity (Wildman–Crippen MR) is 115 cm³/mol. The number of nitrogens with one attached hydrogen (secondary N) is 1. The predicted octanol–water partition coefficient (Wildman–Crippen LogP) is 5.17. The number of benzene rings is 3. The van der Waals surface area contributed by atoms with Gasteiger partial charge < -0.3 is 10.2 Å². The van der Waals surface area contributed by atoms with Gasteiger partial charge >= 0.3 is 0 Å². The Balaban J connectivity index is 1.62. The zero-order valence-corrected chi connectivity index (χ0v) is 17.0. The molecule has 1 aliphatic heterocycles.